The fourth-order valence-electron chi connectivity index (χ4n) is 1.86. The van der Waals surface area contributed by atoms with E-state index in [1.165, 1.54) is 0 Å². The van der Waals surface area contributed by atoms with Crippen LogP contribution in [0.15, 0.2) is 27.5 Å². The monoisotopic (exact) mass is 295 g/mol. The first-order chi connectivity index (χ1) is 8.04. The molecular formula is C12H14BrN3O. The highest BCUT2D eigenvalue weighted by Crippen LogP contribution is 2.18. The van der Waals surface area contributed by atoms with Gasteiger partial charge in [0.2, 0.25) is 0 Å². The van der Waals surface area contributed by atoms with Crippen LogP contribution in [0.1, 0.15) is 16.8 Å². The number of hydrogen-bond acceptors (Lipinski definition) is 2. The molecule has 0 saturated carbocycles. The first-order valence-corrected chi connectivity index (χ1v) is 6.11. The summed E-state index contributed by atoms with van der Waals surface area (Å²) in [5.74, 6) is 0. The van der Waals surface area contributed by atoms with Crippen LogP contribution in [0.2, 0.25) is 0 Å². The molecular weight excluding hydrogens is 282 g/mol. The smallest absolute Gasteiger partial charge is 0.275 e. The van der Waals surface area contributed by atoms with Gasteiger partial charge in [-0.2, -0.15) is 0 Å². The quantitative estimate of drug-likeness (QED) is 0.890. The van der Waals surface area contributed by atoms with Crippen LogP contribution in [0, 0.1) is 13.8 Å². The van der Waals surface area contributed by atoms with Crippen molar-refractivity contribution in [3.05, 3.63) is 49.8 Å². The summed E-state index contributed by atoms with van der Waals surface area (Å²) >= 11 is 3.40. The third kappa shape index (κ3) is 2.08. The number of nitrogens with two attached hydrogens (primary N) is 1. The molecule has 2 rings (SSSR count). The van der Waals surface area contributed by atoms with Gasteiger partial charge in [0.1, 0.15) is 0 Å². The summed E-state index contributed by atoms with van der Waals surface area (Å²) in [5, 5.41) is 3.05. The summed E-state index contributed by atoms with van der Waals surface area (Å²) in [7, 11) is 0. The highest BCUT2D eigenvalue weighted by atomic mass is 79.9. The van der Waals surface area contributed by atoms with Crippen LogP contribution >= 0.6 is 15.9 Å². The Kier molecular flexibility index (Phi) is 3.22. The Morgan fingerprint density at radius 3 is 2.65 bits per heavy atom. The molecule has 0 saturated heterocycles. The van der Waals surface area contributed by atoms with E-state index in [4.69, 9.17) is 5.73 Å². The van der Waals surface area contributed by atoms with Crippen LogP contribution < -0.4 is 11.3 Å². The molecule has 0 radical (unpaired) electrons. The number of aromatic amines is 1. The molecule has 0 atom stereocenters. The van der Waals surface area contributed by atoms with Crippen molar-refractivity contribution in [1.29, 1.82) is 0 Å². The van der Waals surface area contributed by atoms with E-state index >= 15 is 0 Å². The second-order valence-corrected chi connectivity index (χ2v) is 4.91. The van der Waals surface area contributed by atoms with Crippen molar-refractivity contribution in [2.24, 2.45) is 5.73 Å². The van der Waals surface area contributed by atoms with Crippen molar-refractivity contribution in [3.63, 3.8) is 0 Å². The second-order valence-electron chi connectivity index (χ2n) is 3.99. The molecule has 0 spiro atoms. The van der Waals surface area contributed by atoms with Crippen LogP contribution in [-0.2, 0) is 6.54 Å². The summed E-state index contributed by atoms with van der Waals surface area (Å²) in [6.07, 6.45) is 0. The SMILES string of the molecule is Cc1cc(Br)ccc1-n1[nH]c(C)c(CN)c1=O. The number of nitrogens with one attached hydrogen (secondary N) is 1. The van der Waals surface area contributed by atoms with Crippen molar-refractivity contribution in [2.75, 3.05) is 0 Å². The average Bonchev–Trinajstić information content (AvgIpc) is 2.54. The number of aryl methyl sites for hydroxylation is 2. The summed E-state index contributed by atoms with van der Waals surface area (Å²) in [6.45, 7) is 4.07. The Labute approximate surface area is 108 Å². The minimum atomic E-state index is -0.0737. The van der Waals surface area contributed by atoms with E-state index in [0.29, 0.717) is 5.56 Å². The molecule has 4 nitrogen and oxygen atoms in total. The third-order valence-electron chi connectivity index (χ3n) is 2.80. The van der Waals surface area contributed by atoms with Crippen LogP contribution in [0.5, 0.6) is 0 Å². The molecule has 0 aliphatic rings. The minimum absolute atomic E-state index is 0.0737. The molecule has 0 bridgehead atoms. The van der Waals surface area contributed by atoms with Gasteiger partial charge in [0.15, 0.2) is 0 Å². The second kappa shape index (κ2) is 4.50. The summed E-state index contributed by atoms with van der Waals surface area (Å²) in [5.41, 5.74) is 8.81. The lowest BCUT2D eigenvalue weighted by Gasteiger charge is -2.06. The molecule has 17 heavy (non-hydrogen) atoms. The van der Waals surface area contributed by atoms with E-state index in [9.17, 15) is 4.79 Å². The third-order valence-corrected chi connectivity index (χ3v) is 3.29. The number of benzene rings is 1. The topological polar surface area (TPSA) is 63.8 Å². The van der Waals surface area contributed by atoms with E-state index in [2.05, 4.69) is 21.0 Å². The van der Waals surface area contributed by atoms with E-state index in [1.54, 1.807) is 4.68 Å². The molecule has 1 aromatic heterocycles. The van der Waals surface area contributed by atoms with E-state index in [1.807, 2.05) is 32.0 Å². The van der Waals surface area contributed by atoms with Crippen molar-refractivity contribution in [3.8, 4) is 5.69 Å². The molecule has 0 amide bonds. The van der Waals surface area contributed by atoms with Crippen LogP contribution in [0.25, 0.3) is 5.69 Å². The normalized spacial score (nSPS) is 10.8. The number of nitrogens with zero attached hydrogens (tertiary/aromatic N) is 1. The first-order valence-electron chi connectivity index (χ1n) is 5.31. The summed E-state index contributed by atoms with van der Waals surface area (Å²) < 4.78 is 2.54. The van der Waals surface area contributed by atoms with Gasteiger partial charge in [-0.3, -0.25) is 9.89 Å². The Bertz CT molecular complexity index is 613. The number of rotatable bonds is 2. The molecule has 2 aromatic rings. The lowest BCUT2D eigenvalue weighted by atomic mass is 10.2. The number of aromatic nitrogens is 2. The zero-order valence-corrected chi connectivity index (χ0v) is 11.3. The van der Waals surface area contributed by atoms with Crippen molar-refractivity contribution >= 4 is 15.9 Å². The van der Waals surface area contributed by atoms with Crippen LogP contribution in [-0.4, -0.2) is 9.78 Å². The van der Waals surface area contributed by atoms with E-state index < -0.39 is 0 Å². The fraction of sp³-hybridized carbons (Fsp3) is 0.250. The predicted molar refractivity (Wildman–Crippen MR) is 71.5 cm³/mol. The molecule has 0 aliphatic carbocycles. The van der Waals surface area contributed by atoms with Gasteiger partial charge in [-0.1, -0.05) is 15.9 Å². The Morgan fingerprint density at radius 1 is 1.41 bits per heavy atom. The summed E-state index contributed by atoms with van der Waals surface area (Å²) in [6, 6.07) is 5.78. The van der Waals surface area contributed by atoms with Gasteiger partial charge in [0.25, 0.3) is 5.56 Å². The molecule has 0 fully saturated rings. The molecule has 0 unspecified atom stereocenters. The number of halogens is 1. The highest BCUT2D eigenvalue weighted by Gasteiger charge is 2.12. The van der Waals surface area contributed by atoms with E-state index in [0.717, 1.165) is 21.4 Å². The predicted octanol–water partition coefficient (Wildman–Crippen LogP) is 2.00. The maximum Gasteiger partial charge on any atom is 0.275 e. The Balaban J connectivity index is 2.65. The molecule has 0 aliphatic heterocycles. The molecule has 1 heterocycles. The molecule has 90 valence electrons. The van der Waals surface area contributed by atoms with Gasteiger partial charge in [-0.15, -0.1) is 0 Å². The summed E-state index contributed by atoms with van der Waals surface area (Å²) in [4.78, 5) is 12.1. The average molecular weight is 296 g/mol. The largest absolute Gasteiger partial charge is 0.326 e. The maximum absolute atomic E-state index is 12.1. The Morgan fingerprint density at radius 2 is 2.12 bits per heavy atom. The van der Waals surface area contributed by atoms with Gasteiger partial charge in [-0.05, 0) is 37.6 Å². The van der Waals surface area contributed by atoms with Crippen LogP contribution in [0.4, 0.5) is 0 Å². The number of H-pyrrole nitrogens is 1. The highest BCUT2D eigenvalue weighted by molar-refractivity contribution is 9.10. The van der Waals surface area contributed by atoms with Gasteiger partial charge in [0, 0.05) is 16.7 Å². The van der Waals surface area contributed by atoms with Crippen molar-refractivity contribution in [1.82, 2.24) is 9.78 Å². The van der Waals surface area contributed by atoms with Crippen molar-refractivity contribution < 1.29 is 0 Å². The van der Waals surface area contributed by atoms with Gasteiger partial charge < -0.3 is 5.73 Å². The molecule has 3 N–H and O–H groups in total. The maximum atomic E-state index is 12.1. The van der Waals surface area contributed by atoms with Crippen molar-refractivity contribution in [2.45, 2.75) is 20.4 Å². The fourth-order valence-corrected chi connectivity index (χ4v) is 2.34. The Hall–Kier alpha value is -1.33. The number of hydrogen-bond donors (Lipinski definition) is 2. The molecule has 1 aromatic carbocycles. The molecule has 5 heteroatoms. The first kappa shape index (κ1) is 12.1. The lowest BCUT2D eigenvalue weighted by Crippen LogP contribution is -2.19. The lowest BCUT2D eigenvalue weighted by molar-refractivity contribution is 0.827. The zero-order valence-electron chi connectivity index (χ0n) is 9.75. The van der Waals surface area contributed by atoms with Gasteiger partial charge in [-0.25, -0.2) is 4.68 Å². The minimum Gasteiger partial charge on any atom is -0.326 e. The van der Waals surface area contributed by atoms with Gasteiger partial charge >= 0.3 is 0 Å². The van der Waals surface area contributed by atoms with E-state index in [-0.39, 0.29) is 12.1 Å². The zero-order chi connectivity index (χ0) is 12.6. The van der Waals surface area contributed by atoms with Gasteiger partial charge in [0.05, 0.1) is 11.3 Å². The standard InChI is InChI=1S/C12H14BrN3O/c1-7-5-9(13)3-4-11(7)16-12(17)10(6-14)8(2)15-16/h3-5,15H,6,14H2,1-2H3. The van der Waals surface area contributed by atoms with Crippen LogP contribution in [0.3, 0.4) is 0 Å².